The van der Waals surface area contributed by atoms with Gasteiger partial charge in [0.05, 0.1) is 50.5 Å². The molecule has 0 aromatic carbocycles. The van der Waals surface area contributed by atoms with Gasteiger partial charge in [0.25, 0.3) is 0 Å². The number of rotatable bonds is 14. The van der Waals surface area contributed by atoms with Crippen LogP contribution in [0.3, 0.4) is 0 Å². The van der Waals surface area contributed by atoms with E-state index in [2.05, 4.69) is 45.5 Å². The van der Waals surface area contributed by atoms with Crippen LogP contribution in [0, 0.1) is 105 Å². The van der Waals surface area contributed by atoms with Crippen LogP contribution in [0.5, 0.6) is 0 Å². The molecule has 0 radical (unpaired) electrons. The van der Waals surface area contributed by atoms with E-state index in [1.807, 2.05) is 0 Å². The lowest BCUT2D eigenvalue weighted by atomic mass is 10.0. The fourth-order valence-electron chi connectivity index (χ4n) is 18.5. The maximum Gasteiger partial charge on any atom is 0.248 e. The average molecular weight is 1500 g/mol. The molecule has 14 rings (SSSR count). The molecule has 31 nitrogen and oxygen atoms in total. The van der Waals surface area contributed by atoms with Gasteiger partial charge in [-0.25, -0.2) is 0 Å². The van der Waals surface area contributed by atoms with E-state index in [4.69, 9.17) is 47.2 Å². The van der Waals surface area contributed by atoms with Gasteiger partial charge in [-0.2, -0.15) is 21.0 Å². The second-order valence-corrected chi connectivity index (χ2v) is 30.3. The van der Waals surface area contributed by atoms with E-state index in [1.165, 1.54) is 0 Å². The number of Topliss-reactive ketones (excluding diaryl/α,β-unsaturated/α-hetero) is 2. The monoisotopic (exact) mass is 1490 g/mol. The Kier molecular flexibility index (Phi) is 33.2. The lowest BCUT2D eigenvalue weighted by Gasteiger charge is -2.22. The first-order valence-electron chi connectivity index (χ1n) is 37.2. The van der Waals surface area contributed by atoms with E-state index >= 15 is 0 Å². The van der Waals surface area contributed by atoms with Crippen molar-refractivity contribution in [1.29, 1.82) is 21.0 Å². The molecule has 5 aliphatic carbocycles. The van der Waals surface area contributed by atoms with E-state index in [1.54, 1.807) is 39.2 Å². The maximum absolute atomic E-state index is 12.2. The number of hydrogen-bond donors (Lipinski definition) is 9. The summed E-state index contributed by atoms with van der Waals surface area (Å²) < 4.78 is 0. The molecule has 9 aliphatic heterocycles. The highest BCUT2D eigenvalue weighted by molar-refractivity contribution is 5.86. The summed E-state index contributed by atoms with van der Waals surface area (Å²) in [4.78, 5) is 129. The van der Waals surface area contributed by atoms with Gasteiger partial charge in [-0.3, -0.25) is 47.9 Å². The van der Waals surface area contributed by atoms with Crippen LogP contribution in [0.4, 0.5) is 0 Å². The van der Waals surface area contributed by atoms with Crippen molar-refractivity contribution in [1.82, 2.24) is 60.5 Å². The number of carbonyl (C=O) groups is 10. The summed E-state index contributed by atoms with van der Waals surface area (Å²) in [5.74, 6) is 4.90. The molecule has 10 N–H and O–H groups in total. The van der Waals surface area contributed by atoms with Crippen molar-refractivity contribution in [3.63, 3.8) is 0 Å². The molecule has 7 unspecified atom stereocenters. The van der Waals surface area contributed by atoms with Crippen molar-refractivity contribution in [2.24, 2.45) is 64.9 Å². The van der Waals surface area contributed by atoms with E-state index < -0.39 is 26.4 Å². The van der Waals surface area contributed by atoms with Gasteiger partial charge >= 0.3 is 0 Å². The Morgan fingerprint density at radius 2 is 0.606 bits per heavy atom. The Hall–Kier alpha value is -6.72. The Morgan fingerprint density at radius 3 is 0.837 bits per heavy atom. The number of hydrogen-bond acceptors (Lipinski definition) is 23. The number of aliphatic hydroxyl groups is 4. The van der Waals surface area contributed by atoms with Gasteiger partial charge in [0, 0.05) is 122 Å². The van der Waals surface area contributed by atoms with Gasteiger partial charge in [-0.15, -0.1) is 24.8 Å². The number of aliphatic hydroxyl groups excluding tert-OH is 4. The molecular formula is C71H109Cl2N17O14. The number of carbonyl (C=O) groups excluding carboxylic acids is 10. The van der Waals surface area contributed by atoms with Gasteiger partial charge in [-0.1, -0.05) is 0 Å². The topological polar surface area (TPSA) is 447 Å². The average Bonchev–Trinajstić information content (AvgIpc) is 1.89. The highest BCUT2D eigenvalue weighted by Crippen LogP contribution is 2.41. The Bertz CT molecular complexity index is 2880. The highest BCUT2D eigenvalue weighted by atomic mass is 35.5. The number of ketones is 2. The summed E-state index contributed by atoms with van der Waals surface area (Å²) >= 11 is 0. The fourth-order valence-corrected chi connectivity index (χ4v) is 18.5. The fraction of sp³-hybridized carbons (Fsp3) is 0.803. The van der Waals surface area contributed by atoms with E-state index in [-0.39, 0.29) is 103 Å². The van der Waals surface area contributed by atoms with E-state index in [0.29, 0.717) is 161 Å². The molecule has 0 bridgehead atoms. The third-order valence-electron chi connectivity index (χ3n) is 23.9. The minimum absolute atomic E-state index is 0. The zero-order valence-electron chi connectivity index (χ0n) is 59.7. The molecule has 0 aromatic rings. The van der Waals surface area contributed by atoms with Gasteiger partial charge < -0.3 is 86.6 Å². The standard InChI is InChI=1S/3C16H24N4O3.C9H13NO3.C7H11N3O.C7H11NO.2ClH/c3*17-6-14-2-1-3-20(14)15(22)7-18-13-4-11-8-19(16(23)10-21)9-12(11)5-13;11-5-9(13)10-3-6-1-8(12)2-7(6)4-10;8-4-6-2-1-3-10(6)7(11)5-9;9-7-1-5-3-8-4-6(5)2-7;;/h3*11-14,18,21H,1-5,7-10H2;6-7,11H,1-5H2;6H,1-3,5,9H2;5-6,8H,1-4H2;2*1H/t3*11-,12+,13?,14-;;6-;;;/m000.0.../s1. The number of amides is 8. The number of nitrogens with one attached hydrogen (secondary N) is 4. The summed E-state index contributed by atoms with van der Waals surface area (Å²) in [6.45, 7) is 9.81. The van der Waals surface area contributed by atoms with Crippen LogP contribution in [-0.2, 0) is 47.9 Å². The summed E-state index contributed by atoms with van der Waals surface area (Å²) in [5, 5.41) is 84.5. The van der Waals surface area contributed by atoms with Crippen LogP contribution in [0.25, 0.3) is 0 Å². The summed E-state index contributed by atoms with van der Waals surface area (Å²) in [7, 11) is 0. The van der Waals surface area contributed by atoms with Crippen LogP contribution < -0.4 is 27.0 Å². The molecular weight excluding hydrogens is 1390 g/mol. The molecule has 104 heavy (non-hydrogen) atoms. The van der Waals surface area contributed by atoms with Crippen molar-refractivity contribution in [2.45, 2.75) is 158 Å². The van der Waals surface area contributed by atoms with Crippen LogP contribution in [0.15, 0.2) is 0 Å². The van der Waals surface area contributed by atoms with Crippen molar-refractivity contribution >= 4 is 83.6 Å². The molecule has 9 heterocycles. The largest absolute Gasteiger partial charge is 0.387 e. The number of nitriles is 4. The third kappa shape index (κ3) is 22.0. The molecule has 9 saturated heterocycles. The molecule has 14 aliphatic rings. The number of fused-ring (bicyclic) bond motifs is 5. The Morgan fingerprint density at radius 1 is 0.375 bits per heavy atom. The van der Waals surface area contributed by atoms with Gasteiger partial charge in [0.2, 0.25) is 47.3 Å². The number of nitrogens with zero attached hydrogens (tertiary/aromatic N) is 12. The molecule has 14 fully saturated rings. The van der Waals surface area contributed by atoms with Crippen LogP contribution in [0.2, 0.25) is 0 Å². The third-order valence-corrected chi connectivity index (χ3v) is 23.9. The summed E-state index contributed by atoms with van der Waals surface area (Å²) in [6, 6.07) is 8.58. The lowest BCUT2D eigenvalue weighted by molar-refractivity contribution is -0.134. The van der Waals surface area contributed by atoms with Crippen molar-refractivity contribution in [3.8, 4) is 24.3 Å². The van der Waals surface area contributed by atoms with Gasteiger partial charge in [-0.05, 0) is 162 Å². The van der Waals surface area contributed by atoms with Crippen molar-refractivity contribution in [2.75, 3.05) is 144 Å². The maximum atomic E-state index is 12.2. The van der Waals surface area contributed by atoms with E-state index in [0.717, 1.165) is 155 Å². The zero-order valence-corrected chi connectivity index (χ0v) is 61.4. The smallest absolute Gasteiger partial charge is 0.248 e. The highest BCUT2D eigenvalue weighted by Gasteiger charge is 2.47. The number of halogens is 2. The quantitative estimate of drug-likeness (QED) is 0.0896. The zero-order chi connectivity index (χ0) is 73.1. The van der Waals surface area contributed by atoms with Gasteiger partial charge in [0.1, 0.15) is 62.2 Å². The lowest BCUT2D eigenvalue weighted by Crippen LogP contribution is -2.43. The molecule has 0 spiro atoms. The van der Waals surface area contributed by atoms with Crippen molar-refractivity contribution in [3.05, 3.63) is 0 Å². The second-order valence-electron chi connectivity index (χ2n) is 30.3. The predicted octanol–water partition coefficient (Wildman–Crippen LogP) is -2.14. The molecule has 8 amide bonds. The van der Waals surface area contributed by atoms with Crippen LogP contribution in [-0.4, -0.2) is 305 Å². The number of likely N-dealkylation sites (tertiary alicyclic amines) is 8. The van der Waals surface area contributed by atoms with Gasteiger partial charge in [0.15, 0.2) is 0 Å². The Labute approximate surface area is 622 Å². The van der Waals surface area contributed by atoms with Crippen LogP contribution >= 0.6 is 24.8 Å². The summed E-state index contributed by atoms with van der Waals surface area (Å²) in [5.41, 5.74) is 5.17. The normalized spacial score (nSPS) is 31.9. The summed E-state index contributed by atoms with van der Waals surface area (Å²) in [6.07, 6.45) is 15.5. The molecule has 0 aromatic heterocycles. The van der Waals surface area contributed by atoms with Crippen molar-refractivity contribution < 1.29 is 68.4 Å². The minimum atomic E-state index is -0.411. The molecule has 5 saturated carbocycles. The number of nitrogens with two attached hydrogens (primary N) is 1. The molecule has 17 atom stereocenters. The first kappa shape index (κ1) is 84.5. The Balaban J connectivity index is 0.000000179. The predicted molar refractivity (Wildman–Crippen MR) is 379 cm³/mol. The molecule has 576 valence electrons. The first-order valence-corrected chi connectivity index (χ1v) is 37.2. The molecule has 33 heteroatoms. The minimum Gasteiger partial charge on any atom is -0.387 e. The SMILES string of the molecule is Cl.Cl.N#C[C@@H]1CCCN1C(=O)CN.N#C[C@@H]1CCCN1C(=O)CNC1C[C@@H]2CN(C(=O)CO)C[C@@H]2C1.N#C[C@@H]1CCCN1C(=O)CNC1C[C@@H]2CN(C(=O)CO)C[C@@H]2C1.N#C[C@@H]1CCCN1C(=O)CNC1C[C@@H]2CN(C(=O)CO)C[C@@H]2C1.O=C1CC2CN(C(=O)CO)CC2C1.O=C1CC2CNCC2C1. The van der Waals surface area contributed by atoms with Crippen LogP contribution in [0.1, 0.15) is 116 Å². The second kappa shape index (κ2) is 40.8. The first-order chi connectivity index (χ1) is 49.2. The van der Waals surface area contributed by atoms with E-state index in [9.17, 15) is 47.9 Å².